The summed E-state index contributed by atoms with van der Waals surface area (Å²) in [5, 5.41) is 13.1. The fourth-order valence-electron chi connectivity index (χ4n) is 1.58. The van der Waals surface area contributed by atoms with Crippen molar-refractivity contribution in [2.45, 2.75) is 39.3 Å². The molecule has 5 nitrogen and oxygen atoms in total. The van der Waals surface area contributed by atoms with E-state index in [1.54, 1.807) is 6.07 Å². The van der Waals surface area contributed by atoms with E-state index < -0.39 is 6.10 Å². The first-order valence-electron chi connectivity index (χ1n) is 6.40. The summed E-state index contributed by atoms with van der Waals surface area (Å²) in [6.45, 7) is 8.68. The van der Waals surface area contributed by atoms with Crippen LogP contribution in [0.3, 0.4) is 0 Å². The van der Waals surface area contributed by atoms with E-state index in [1.807, 2.05) is 33.8 Å². The van der Waals surface area contributed by atoms with Crippen molar-refractivity contribution in [1.29, 1.82) is 0 Å². The van der Waals surface area contributed by atoms with E-state index in [4.69, 9.17) is 16.2 Å². The molecule has 1 unspecified atom stereocenters. The molecule has 0 saturated carbocycles. The Kier molecular flexibility index (Phi) is 5.03. The monoisotopic (exact) mass is 267 g/mol. The first-order valence-corrected chi connectivity index (χ1v) is 6.40. The molecule has 0 fully saturated rings. The highest BCUT2D eigenvalue weighted by Crippen LogP contribution is 2.29. The quantitative estimate of drug-likeness (QED) is 0.603. The SMILES string of the molecule is Cc1cc(N)c(N)c(OCC(O)CNC(C)(C)C)c1. The van der Waals surface area contributed by atoms with Crippen LogP contribution in [0.2, 0.25) is 0 Å². The molecule has 19 heavy (non-hydrogen) atoms. The van der Waals surface area contributed by atoms with Crippen LogP contribution in [-0.4, -0.2) is 29.9 Å². The van der Waals surface area contributed by atoms with Gasteiger partial charge in [-0.2, -0.15) is 0 Å². The second-order valence-electron chi connectivity index (χ2n) is 5.86. The minimum Gasteiger partial charge on any atom is -0.489 e. The molecule has 1 aromatic carbocycles. The number of hydrogen-bond donors (Lipinski definition) is 4. The number of nitrogens with two attached hydrogens (primary N) is 2. The van der Waals surface area contributed by atoms with Gasteiger partial charge in [0.25, 0.3) is 0 Å². The number of hydrogen-bond acceptors (Lipinski definition) is 5. The number of rotatable bonds is 5. The fraction of sp³-hybridized carbons (Fsp3) is 0.571. The topological polar surface area (TPSA) is 93.5 Å². The Morgan fingerprint density at radius 3 is 2.53 bits per heavy atom. The van der Waals surface area contributed by atoms with Crippen LogP contribution >= 0.6 is 0 Å². The first kappa shape index (κ1) is 15.6. The molecule has 0 spiro atoms. The predicted octanol–water partition coefficient (Wildman–Crippen LogP) is 1.29. The third kappa shape index (κ3) is 5.36. The van der Waals surface area contributed by atoms with Crippen molar-refractivity contribution in [2.24, 2.45) is 0 Å². The van der Waals surface area contributed by atoms with Crippen LogP contribution in [0.1, 0.15) is 26.3 Å². The van der Waals surface area contributed by atoms with E-state index in [9.17, 15) is 5.11 Å². The summed E-state index contributed by atoms with van der Waals surface area (Å²) in [6.07, 6.45) is -0.597. The Morgan fingerprint density at radius 2 is 1.95 bits per heavy atom. The van der Waals surface area contributed by atoms with Gasteiger partial charge in [0.2, 0.25) is 0 Å². The molecular weight excluding hydrogens is 242 g/mol. The van der Waals surface area contributed by atoms with Gasteiger partial charge in [-0.1, -0.05) is 0 Å². The number of aliphatic hydroxyl groups is 1. The Labute approximate surface area is 114 Å². The second kappa shape index (κ2) is 6.12. The second-order valence-corrected chi connectivity index (χ2v) is 5.86. The zero-order valence-electron chi connectivity index (χ0n) is 12.2. The summed E-state index contributed by atoms with van der Waals surface area (Å²) in [4.78, 5) is 0. The molecule has 6 N–H and O–H groups in total. The summed E-state index contributed by atoms with van der Waals surface area (Å²) in [5.41, 5.74) is 13.5. The summed E-state index contributed by atoms with van der Waals surface area (Å²) in [5.74, 6) is 0.521. The van der Waals surface area contributed by atoms with Crippen molar-refractivity contribution in [2.75, 3.05) is 24.6 Å². The van der Waals surface area contributed by atoms with E-state index in [1.165, 1.54) is 0 Å². The van der Waals surface area contributed by atoms with Crippen LogP contribution in [0.4, 0.5) is 11.4 Å². The molecule has 0 bridgehead atoms. The summed E-state index contributed by atoms with van der Waals surface area (Å²) in [6, 6.07) is 3.61. The lowest BCUT2D eigenvalue weighted by Crippen LogP contribution is -2.42. The number of β-amino-alcohol motifs (C(OH)–C–C–N with tert-alkyl or cyclic N) is 1. The zero-order valence-corrected chi connectivity index (χ0v) is 12.2. The van der Waals surface area contributed by atoms with E-state index in [0.717, 1.165) is 5.56 Å². The Balaban J connectivity index is 2.53. The molecule has 1 aromatic rings. The lowest BCUT2D eigenvalue weighted by Gasteiger charge is -2.23. The van der Waals surface area contributed by atoms with Crippen molar-refractivity contribution >= 4 is 11.4 Å². The maximum absolute atomic E-state index is 9.84. The fourth-order valence-corrected chi connectivity index (χ4v) is 1.58. The van der Waals surface area contributed by atoms with E-state index in [0.29, 0.717) is 23.7 Å². The number of benzene rings is 1. The largest absolute Gasteiger partial charge is 0.489 e. The number of aliphatic hydroxyl groups excluding tert-OH is 1. The molecule has 5 heteroatoms. The zero-order chi connectivity index (χ0) is 14.6. The van der Waals surface area contributed by atoms with Gasteiger partial charge in [0, 0.05) is 12.1 Å². The molecule has 0 saturated heterocycles. The van der Waals surface area contributed by atoms with Crippen LogP contribution in [0.15, 0.2) is 12.1 Å². The molecule has 1 atom stereocenters. The maximum Gasteiger partial charge on any atom is 0.144 e. The van der Waals surface area contributed by atoms with Crippen LogP contribution < -0.4 is 21.5 Å². The summed E-state index contributed by atoms with van der Waals surface area (Å²) < 4.78 is 5.53. The molecule has 1 rings (SSSR count). The van der Waals surface area contributed by atoms with Crippen molar-refractivity contribution in [3.8, 4) is 5.75 Å². The molecule has 0 aliphatic carbocycles. The Bertz CT molecular complexity index is 427. The molecule has 0 heterocycles. The van der Waals surface area contributed by atoms with Gasteiger partial charge < -0.3 is 26.6 Å². The highest BCUT2D eigenvalue weighted by molar-refractivity contribution is 5.71. The lowest BCUT2D eigenvalue weighted by atomic mass is 10.1. The normalized spacial score (nSPS) is 13.3. The average Bonchev–Trinajstić information content (AvgIpc) is 2.28. The van der Waals surface area contributed by atoms with Crippen LogP contribution in [0.5, 0.6) is 5.75 Å². The van der Waals surface area contributed by atoms with Gasteiger partial charge in [-0.25, -0.2) is 0 Å². The van der Waals surface area contributed by atoms with E-state index in [2.05, 4.69) is 5.32 Å². The molecule has 108 valence electrons. The van der Waals surface area contributed by atoms with Crippen LogP contribution in [0.25, 0.3) is 0 Å². The first-order chi connectivity index (χ1) is 8.69. The van der Waals surface area contributed by atoms with E-state index >= 15 is 0 Å². The highest BCUT2D eigenvalue weighted by Gasteiger charge is 2.13. The van der Waals surface area contributed by atoms with Gasteiger partial charge >= 0.3 is 0 Å². The molecule has 0 radical (unpaired) electrons. The minimum atomic E-state index is -0.597. The van der Waals surface area contributed by atoms with Gasteiger partial charge in [-0.05, 0) is 45.4 Å². The molecule has 0 aromatic heterocycles. The summed E-state index contributed by atoms with van der Waals surface area (Å²) >= 11 is 0. The third-order valence-corrected chi connectivity index (χ3v) is 2.62. The van der Waals surface area contributed by atoms with Gasteiger partial charge in [0.05, 0.1) is 11.4 Å². The average molecular weight is 267 g/mol. The number of anilines is 2. The number of ether oxygens (including phenoxy) is 1. The Morgan fingerprint density at radius 1 is 1.32 bits per heavy atom. The van der Waals surface area contributed by atoms with Crippen molar-refractivity contribution in [1.82, 2.24) is 5.32 Å². The summed E-state index contributed by atoms with van der Waals surface area (Å²) in [7, 11) is 0. The lowest BCUT2D eigenvalue weighted by molar-refractivity contribution is 0.100. The van der Waals surface area contributed by atoms with E-state index in [-0.39, 0.29) is 12.1 Å². The predicted molar refractivity (Wildman–Crippen MR) is 79.3 cm³/mol. The minimum absolute atomic E-state index is 0.0340. The Hall–Kier alpha value is -1.46. The standard InChI is InChI=1S/C14H25N3O2/c1-9-5-11(15)13(16)12(6-9)19-8-10(18)7-17-14(2,3)4/h5-6,10,17-18H,7-8,15-16H2,1-4H3. The third-order valence-electron chi connectivity index (χ3n) is 2.62. The van der Waals surface area contributed by atoms with Crippen LogP contribution in [-0.2, 0) is 0 Å². The molecule has 0 aliphatic heterocycles. The molecule has 0 aliphatic rings. The number of aryl methyl sites for hydroxylation is 1. The molecular formula is C14H25N3O2. The van der Waals surface area contributed by atoms with Gasteiger partial charge in [0.15, 0.2) is 0 Å². The van der Waals surface area contributed by atoms with Crippen LogP contribution in [0, 0.1) is 6.92 Å². The highest BCUT2D eigenvalue weighted by atomic mass is 16.5. The maximum atomic E-state index is 9.84. The van der Waals surface area contributed by atoms with Crippen molar-refractivity contribution in [3.05, 3.63) is 17.7 Å². The van der Waals surface area contributed by atoms with Gasteiger partial charge in [-0.3, -0.25) is 0 Å². The van der Waals surface area contributed by atoms with Gasteiger partial charge in [-0.15, -0.1) is 0 Å². The van der Waals surface area contributed by atoms with Crippen molar-refractivity contribution in [3.63, 3.8) is 0 Å². The molecule has 0 amide bonds. The number of nitrogen functional groups attached to an aromatic ring is 2. The van der Waals surface area contributed by atoms with Crippen molar-refractivity contribution < 1.29 is 9.84 Å². The smallest absolute Gasteiger partial charge is 0.144 e. The van der Waals surface area contributed by atoms with Gasteiger partial charge in [0.1, 0.15) is 18.5 Å². The number of nitrogens with one attached hydrogen (secondary N) is 1.